The van der Waals surface area contributed by atoms with Gasteiger partial charge in [0.2, 0.25) is 0 Å². The highest BCUT2D eigenvalue weighted by molar-refractivity contribution is 7.99. The summed E-state index contributed by atoms with van der Waals surface area (Å²) in [6.07, 6.45) is 2.95. The van der Waals surface area contributed by atoms with Crippen molar-refractivity contribution < 1.29 is 13.5 Å². The number of hydrogen-bond acceptors (Lipinski definition) is 5. The van der Waals surface area contributed by atoms with E-state index >= 15 is 0 Å². The second-order valence-corrected chi connectivity index (χ2v) is 10.1. The van der Waals surface area contributed by atoms with E-state index in [9.17, 15) is 13.6 Å². The van der Waals surface area contributed by atoms with E-state index in [4.69, 9.17) is 16.3 Å². The first kappa shape index (κ1) is 22.6. The van der Waals surface area contributed by atoms with Crippen LogP contribution >= 0.6 is 23.4 Å². The zero-order valence-electron chi connectivity index (χ0n) is 18.4. The summed E-state index contributed by atoms with van der Waals surface area (Å²) in [6, 6.07) is 5.47. The summed E-state index contributed by atoms with van der Waals surface area (Å²) in [5.41, 5.74) is 0.968. The number of aromatic nitrogens is 2. The predicted octanol–water partition coefficient (Wildman–Crippen LogP) is 5.49. The lowest BCUT2D eigenvalue weighted by atomic mass is 10.0. The van der Waals surface area contributed by atoms with Gasteiger partial charge < -0.3 is 9.64 Å². The minimum absolute atomic E-state index is 0.199. The number of methoxy groups -OCH3 is 1. The van der Waals surface area contributed by atoms with Crippen LogP contribution < -0.4 is 10.6 Å². The van der Waals surface area contributed by atoms with Crippen molar-refractivity contribution >= 4 is 40.1 Å². The predicted molar refractivity (Wildman–Crippen MR) is 129 cm³/mol. The van der Waals surface area contributed by atoms with Crippen LogP contribution in [0.25, 0.3) is 22.0 Å². The van der Waals surface area contributed by atoms with Crippen LogP contribution in [0, 0.1) is 11.6 Å². The maximum absolute atomic E-state index is 14.9. The lowest BCUT2D eigenvalue weighted by molar-refractivity contribution is 0.107. The molecule has 1 aromatic heterocycles. The molecule has 0 amide bonds. The summed E-state index contributed by atoms with van der Waals surface area (Å²) in [5.74, 6) is -0.190. The van der Waals surface area contributed by atoms with Gasteiger partial charge in [0, 0.05) is 52.9 Å². The maximum Gasteiger partial charge on any atom is 0.350 e. The van der Waals surface area contributed by atoms with Crippen molar-refractivity contribution in [2.45, 2.75) is 49.8 Å². The first-order chi connectivity index (χ1) is 15.9. The van der Waals surface area contributed by atoms with Crippen LogP contribution in [0.1, 0.15) is 26.2 Å². The molecule has 2 aliphatic heterocycles. The van der Waals surface area contributed by atoms with Gasteiger partial charge in [0.15, 0.2) is 0 Å². The van der Waals surface area contributed by atoms with E-state index in [1.54, 1.807) is 17.7 Å². The number of piperidine rings is 1. The zero-order valence-corrected chi connectivity index (χ0v) is 20.0. The normalized spacial score (nSPS) is 20.8. The molecule has 2 aromatic carbocycles. The van der Waals surface area contributed by atoms with E-state index in [1.807, 2.05) is 0 Å². The van der Waals surface area contributed by atoms with Crippen LogP contribution in [0.15, 0.2) is 34.0 Å². The molecule has 0 N–H and O–H groups in total. The minimum atomic E-state index is -0.700. The fourth-order valence-electron chi connectivity index (χ4n) is 4.82. The van der Waals surface area contributed by atoms with E-state index in [-0.39, 0.29) is 23.4 Å². The van der Waals surface area contributed by atoms with Gasteiger partial charge in [-0.15, -0.1) is 11.8 Å². The zero-order chi connectivity index (χ0) is 23.3. The van der Waals surface area contributed by atoms with Gasteiger partial charge in [-0.2, -0.15) is 4.98 Å². The number of thioether (sulfide) groups is 1. The van der Waals surface area contributed by atoms with Gasteiger partial charge in [-0.3, -0.25) is 4.57 Å². The van der Waals surface area contributed by atoms with Crippen LogP contribution in [0.5, 0.6) is 0 Å². The highest BCUT2D eigenvalue weighted by Crippen LogP contribution is 2.46. The number of ether oxygens (including phenoxy) is 1. The molecule has 0 unspecified atom stereocenters. The molecule has 1 fully saturated rings. The molecule has 2 atom stereocenters. The molecule has 0 aliphatic carbocycles. The summed E-state index contributed by atoms with van der Waals surface area (Å²) >= 11 is 8.25. The molecule has 0 radical (unpaired) electrons. The molecular weight excluding hydrogens is 468 g/mol. The number of nitrogens with zero attached hydrogens (tertiary/aromatic N) is 3. The smallest absolute Gasteiger partial charge is 0.350 e. The summed E-state index contributed by atoms with van der Waals surface area (Å²) < 4.78 is 35.7. The SMILES string of the molecule is CO[C@H]1CSc2c(-c3ccc(F)cc3F)c(Cl)cc3c(N4CCCC[C@@H]4C)nc(=O)n(c23)C1. The van der Waals surface area contributed by atoms with Crippen LogP contribution in [0.3, 0.4) is 0 Å². The standard InChI is InChI=1S/C24H24ClF2N3O2S/c1-13-5-3-4-8-29(13)23-17-10-18(25)20(16-7-6-14(26)9-19(16)27)22-21(17)30(24(31)28-23)11-15(32-2)12-33-22/h6-7,9-10,13,15H,3-5,8,11-12H2,1-2H3/t13-,15+/m0/s1. The van der Waals surface area contributed by atoms with Crippen LogP contribution in [-0.2, 0) is 11.3 Å². The average Bonchev–Trinajstić information content (AvgIpc) is 2.98. The molecule has 0 bridgehead atoms. The number of rotatable bonds is 3. The first-order valence-electron chi connectivity index (χ1n) is 11.0. The Kier molecular flexibility index (Phi) is 6.09. The second-order valence-electron chi connectivity index (χ2n) is 8.62. The van der Waals surface area contributed by atoms with Gasteiger partial charge in [0.05, 0.1) is 23.2 Å². The van der Waals surface area contributed by atoms with Gasteiger partial charge in [0.1, 0.15) is 17.5 Å². The number of halogens is 3. The molecule has 5 nitrogen and oxygen atoms in total. The van der Waals surface area contributed by atoms with Gasteiger partial charge in [-0.25, -0.2) is 13.6 Å². The fraction of sp³-hybridized carbons (Fsp3) is 0.417. The summed E-state index contributed by atoms with van der Waals surface area (Å²) in [5, 5.41) is 1.10. The topological polar surface area (TPSA) is 47.4 Å². The molecule has 0 spiro atoms. The molecule has 174 valence electrons. The number of anilines is 1. The molecule has 9 heteroatoms. The van der Waals surface area contributed by atoms with Crippen LogP contribution in [-0.4, -0.2) is 41.1 Å². The third kappa shape index (κ3) is 3.92. The molecule has 33 heavy (non-hydrogen) atoms. The maximum atomic E-state index is 14.9. The molecule has 5 rings (SSSR count). The van der Waals surface area contributed by atoms with Gasteiger partial charge >= 0.3 is 5.69 Å². The highest BCUT2D eigenvalue weighted by Gasteiger charge is 2.30. The Balaban J connectivity index is 1.85. The summed E-state index contributed by atoms with van der Waals surface area (Å²) in [6.45, 7) is 3.28. The molecule has 3 aromatic rings. The number of hydrogen-bond donors (Lipinski definition) is 0. The number of benzene rings is 2. The van der Waals surface area contributed by atoms with Gasteiger partial charge in [-0.1, -0.05) is 11.6 Å². The second kappa shape index (κ2) is 8.89. The lowest BCUT2D eigenvalue weighted by Gasteiger charge is -2.35. The van der Waals surface area contributed by atoms with Crippen molar-refractivity contribution in [3.8, 4) is 11.1 Å². The Morgan fingerprint density at radius 2 is 2.06 bits per heavy atom. The van der Waals surface area contributed by atoms with Crippen molar-refractivity contribution in [2.24, 2.45) is 0 Å². The van der Waals surface area contributed by atoms with Crippen LogP contribution in [0.2, 0.25) is 5.02 Å². The Morgan fingerprint density at radius 1 is 1.24 bits per heavy atom. The first-order valence-corrected chi connectivity index (χ1v) is 12.4. The van der Waals surface area contributed by atoms with Crippen LogP contribution in [0.4, 0.5) is 14.6 Å². The molecule has 3 heterocycles. The molecule has 1 saturated heterocycles. The fourth-order valence-corrected chi connectivity index (χ4v) is 6.50. The largest absolute Gasteiger partial charge is 0.379 e. The third-order valence-corrected chi connectivity index (χ3v) is 8.08. The van der Waals surface area contributed by atoms with E-state index in [0.29, 0.717) is 39.1 Å². The van der Waals surface area contributed by atoms with Crippen molar-refractivity contribution in [3.05, 3.63) is 51.4 Å². The average molecular weight is 492 g/mol. The van der Waals surface area contributed by atoms with E-state index < -0.39 is 11.6 Å². The molecule has 0 saturated carbocycles. The van der Waals surface area contributed by atoms with Gasteiger partial charge in [-0.05, 0) is 44.4 Å². The molecule has 2 aliphatic rings. The van der Waals surface area contributed by atoms with Gasteiger partial charge in [0.25, 0.3) is 0 Å². The van der Waals surface area contributed by atoms with Crippen molar-refractivity contribution in [1.82, 2.24) is 9.55 Å². The quantitative estimate of drug-likeness (QED) is 0.484. The van der Waals surface area contributed by atoms with Crippen molar-refractivity contribution in [2.75, 3.05) is 24.3 Å². The Bertz CT molecular complexity index is 1300. The highest BCUT2D eigenvalue weighted by atomic mass is 35.5. The Labute approximate surface area is 199 Å². The summed E-state index contributed by atoms with van der Waals surface area (Å²) in [4.78, 5) is 20.6. The van der Waals surface area contributed by atoms with E-state index in [2.05, 4.69) is 16.8 Å². The van der Waals surface area contributed by atoms with Crippen molar-refractivity contribution in [1.29, 1.82) is 0 Å². The van der Waals surface area contributed by atoms with E-state index in [0.717, 1.165) is 37.3 Å². The lowest BCUT2D eigenvalue weighted by Crippen LogP contribution is -2.40. The third-order valence-electron chi connectivity index (χ3n) is 6.56. The van der Waals surface area contributed by atoms with Crippen molar-refractivity contribution in [3.63, 3.8) is 0 Å². The van der Waals surface area contributed by atoms with E-state index in [1.165, 1.54) is 23.9 Å². The monoisotopic (exact) mass is 491 g/mol. The Hall–Kier alpha value is -2.16. The molecular formula is C24H24ClF2N3O2S. The minimum Gasteiger partial charge on any atom is -0.379 e. The Morgan fingerprint density at radius 3 is 2.79 bits per heavy atom. The summed E-state index contributed by atoms with van der Waals surface area (Å²) in [7, 11) is 1.61.